The number of hydrogen-bond acceptors (Lipinski definition) is 4. The molecule has 0 unspecified atom stereocenters. The summed E-state index contributed by atoms with van der Waals surface area (Å²) in [7, 11) is -4.36. The van der Waals surface area contributed by atoms with Crippen molar-refractivity contribution < 1.29 is 21.6 Å². The average Bonchev–Trinajstić information content (AvgIpc) is 2.34. The van der Waals surface area contributed by atoms with Crippen molar-refractivity contribution in [3.63, 3.8) is 0 Å². The first-order valence-electron chi connectivity index (χ1n) is 5.48. The summed E-state index contributed by atoms with van der Waals surface area (Å²) in [5, 5.41) is 8.65. The average molecular weight is 307 g/mol. The molecule has 0 aliphatic heterocycles. The Bertz CT molecular complexity index is 635. The summed E-state index contributed by atoms with van der Waals surface area (Å²) in [6, 6.07) is 5.08. The van der Waals surface area contributed by atoms with E-state index in [1.54, 1.807) is 6.07 Å². The molecule has 5 nitrogen and oxygen atoms in total. The maximum absolute atomic E-state index is 12.4. The Morgan fingerprint density at radius 1 is 1.40 bits per heavy atom. The van der Waals surface area contributed by atoms with Crippen molar-refractivity contribution in [1.29, 1.82) is 5.26 Å². The van der Waals surface area contributed by atoms with Gasteiger partial charge in [-0.2, -0.15) is 22.7 Å². The van der Waals surface area contributed by atoms with Gasteiger partial charge in [0.25, 0.3) is 0 Å². The Morgan fingerprint density at radius 3 is 2.40 bits per heavy atom. The van der Waals surface area contributed by atoms with Crippen LogP contribution < -0.4 is 5.73 Å². The van der Waals surface area contributed by atoms with Crippen LogP contribution in [0.3, 0.4) is 0 Å². The number of nitriles is 1. The molecule has 20 heavy (non-hydrogen) atoms. The minimum atomic E-state index is -4.65. The molecule has 1 aromatic rings. The lowest BCUT2D eigenvalue weighted by Gasteiger charge is -2.22. The topological polar surface area (TPSA) is 87.2 Å². The van der Waals surface area contributed by atoms with Crippen LogP contribution in [0.1, 0.15) is 12.5 Å². The van der Waals surface area contributed by atoms with Crippen molar-refractivity contribution in [2.24, 2.45) is 0 Å². The predicted molar refractivity (Wildman–Crippen MR) is 66.1 cm³/mol. The fourth-order valence-electron chi connectivity index (χ4n) is 1.56. The third kappa shape index (κ3) is 3.61. The molecule has 0 spiro atoms. The van der Waals surface area contributed by atoms with Gasteiger partial charge in [-0.25, -0.2) is 8.42 Å². The van der Waals surface area contributed by atoms with E-state index in [-0.39, 0.29) is 22.1 Å². The molecule has 1 aromatic carbocycles. The first-order chi connectivity index (χ1) is 9.11. The van der Waals surface area contributed by atoms with E-state index >= 15 is 0 Å². The van der Waals surface area contributed by atoms with Crippen LogP contribution in [0.25, 0.3) is 0 Å². The Balaban J connectivity index is 3.25. The molecular weight excluding hydrogens is 295 g/mol. The van der Waals surface area contributed by atoms with Gasteiger partial charge < -0.3 is 5.73 Å². The molecule has 0 atom stereocenters. The summed E-state index contributed by atoms with van der Waals surface area (Å²) in [6.07, 6.45) is -4.65. The highest BCUT2D eigenvalue weighted by molar-refractivity contribution is 7.89. The molecular formula is C11H12F3N3O2S. The Labute approximate surface area is 114 Å². The summed E-state index contributed by atoms with van der Waals surface area (Å²) >= 11 is 0. The third-order valence-corrected chi connectivity index (χ3v) is 4.46. The summed E-state index contributed by atoms with van der Waals surface area (Å²) in [6.45, 7) is -0.643. The molecule has 9 heteroatoms. The Hall–Kier alpha value is -1.79. The first-order valence-corrected chi connectivity index (χ1v) is 6.92. The summed E-state index contributed by atoms with van der Waals surface area (Å²) in [5.74, 6) is 0. The van der Waals surface area contributed by atoms with Crippen LogP contribution in [-0.2, 0) is 10.0 Å². The lowest BCUT2D eigenvalue weighted by Crippen LogP contribution is -2.39. The zero-order valence-electron chi connectivity index (χ0n) is 10.5. The second-order valence-electron chi connectivity index (χ2n) is 3.91. The van der Waals surface area contributed by atoms with E-state index in [0.29, 0.717) is 0 Å². The van der Waals surface area contributed by atoms with Gasteiger partial charge in [-0.3, -0.25) is 0 Å². The number of anilines is 1. The zero-order valence-corrected chi connectivity index (χ0v) is 11.3. The smallest absolute Gasteiger partial charge is 0.398 e. The van der Waals surface area contributed by atoms with Crippen LogP contribution in [-0.4, -0.2) is 32.0 Å². The number of nitrogen functional groups attached to an aromatic ring is 1. The minimum absolute atomic E-state index is 0.125. The molecule has 0 aromatic heterocycles. The first kappa shape index (κ1) is 16.3. The highest BCUT2D eigenvalue weighted by Gasteiger charge is 2.36. The number of nitrogens with zero attached hydrogens (tertiary/aromatic N) is 2. The van der Waals surface area contributed by atoms with E-state index in [1.165, 1.54) is 13.0 Å². The quantitative estimate of drug-likeness (QED) is 0.858. The maximum atomic E-state index is 12.4. The largest absolute Gasteiger partial charge is 0.402 e. The molecule has 0 fully saturated rings. The molecule has 2 N–H and O–H groups in total. The van der Waals surface area contributed by atoms with Gasteiger partial charge in [0.2, 0.25) is 10.0 Å². The summed E-state index contributed by atoms with van der Waals surface area (Å²) in [4.78, 5) is -0.442. The highest BCUT2D eigenvalue weighted by Crippen LogP contribution is 2.26. The van der Waals surface area contributed by atoms with Crippen molar-refractivity contribution >= 4 is 15.7 Å². The molecule has 0 aliphatic rings. The van der Waals surface area contributed by atoms with E-state index in [4.69, 9.17) is 11.0 Å². The molecule has 0 heterocycles. The van der Waals surface area contributed by atoms with Crippen LogP contribution in [0.5, 0.6) is 0 Å². The van der Waals surface area contributed by atoms with Gasteiger partial charge in [-0.05, 0) is 18.2 Å². The standard InChI is InChI=1S/C11H12F3N3O2S/c1-2-17(7-11(12,13)14)20(18,19)10-4-3-8(6-15)5-9(10)16/h3-5H,2,7,16H2,1H3. The van der Waals surface area contributed by atoms with Crippen LogP contribution in [0.2, 0.25) is 0 Å². The van der Waals surface area contributed by atoms with Gasteiger partial charge in [-0.1, -0.05) is 6.92 Å². The molecule has 0 saturated heterocycles. The summed E-state index contributed by atoms with van der Waals surface area (Å²) in [5.41, 5.74) is 5.37. The van der Waals surface area contributed by atoms with Crippen molar-refractivity contribution in [2.45, 2.75) is 18.0 Å². The molecule has 1 rings (SSSR count). The lowest BCUT2D eigenvalue weighted by atomic mass is 10.2. The number of nitrogens with two attached hydrogens (primary N) is 1. The normalized spacial score (nSPS) is 12.4. The molecule has 0 bridgehead atoms. The molecule has 0 saturated carbocycles. The van der Waals surface area contributed by atoms with Crippen LogP contribution in [0.15, 0.2) is 23.1 Å². The second kappa shape index (κ2) is 5.68. The second-order valence-corrected chi connectivity index (χ2v) is 5.82. The van der Waals surface area contributed by atoms with Crippen molar-refractivity contribution in [3.05, 3.63) is 23.8 Å². The maximum Gasteiger partial charge on any atom is 0.402 e. The van der Waals surface area contributed by atoms with Gasteiger partial charge in [0.05, 0.1) is 17.3 Å². The van der Waals surface area contributed by atoms with E-state index in [0.717, 1.165) is 12.1 Å². The lowest BCUT2D eigenvalue weighted by molar-refractivity contribution is -0.135. The molecule has 0 amide bonds. The predicted octanol–water partition coefficient (Wildman–Crippen LogP) is 1.71. The zero-order chi connectivity index (χ0) is 15.6. The van der Waals surface area contributed by atoms with Crippen LogP contribution >= 0.6 is 0 Å². The summed E-state index contributed by atoms with van der Waals surface area (Å²) < 4.78 is 61.7. The van der Waals surface area contributed by atoms with Crippen molar-refractivity contribution in [2.75, 3.05) is 18.8 Å². The van der Waals surface area contributed by atoms with Gasteiger partial charge in [-0.15, -0.1) is 0 Å². The van der Waals surface area contributed by atoms with Crippen molar-refractivity contribution in [3.8, 4) is 6.07 Å². The van der Waals surface area contributed by atoms with Gasteiger partial charge in [0.15, 0.2) is 0 Å². The highest BCUT2D eigenvalue weighted by atomic mass is 32.2. The van der Waals surface area contributed by atoms with E-state index in [1.807, 2.05) is 0 Å². The number of alkyl halides is 3. The third-order valence-electron chi connectivity index (χ3n) is 2.47. The molecule has 110 valence electrons. The van der Waals surface area contributed by atoms with Crippen LogP contribution in [0, 0.1) is 11.3 Å². The Kier molecular flexibility index (Phi) is 4.62. The molecule has 0 aliphatic carbocycles. The fourth-order valence-corrected chi connectivity index (χ4v) is 3.09. The minimum Gasteiger partial charge on any atom is -0.398 e. The number of hydrogen-bond donors (Lipinski definition) is 1. The van der Waals surface area contributed by atoms with Gasteiger partial charge in [0, 0.05) is 6.54 Å². The van der Waals surface area contributed by atoms with Gasteiger partial charge >= 0.3 is 6.18 Å². The fraction of sp³-hybridized carbons (Fsp3) is 0.364. The number of benzene rings is 1. The molecule has 0 radical (unpaired) electrons. The van der Waals surface area contributed by atoms with E-state index in [2.05, 4.69) is 0 Å². The van der Waals surface area contributed by atoms with Gasteiger partial charge in [0.1, 0.15) is 11.4 Å². The van der Waals surface area contributed by atoms with Crippen molar-refractivity contribution in [1.82, 2.24) is 4.31 Å². The Morgan fingerprint density at radius 2 is 2.00 bits per heavy atom. The van der Waals surface area contributed by atoms with E-state index < -0.39 is 27.6 Å². The number of halogens is 3. The van der Waals surface area contributed by atoms with E-state index in [9.17, 15) is 21.6 Å². The SMILES string of the molecule is CCN(CC(F)(F)F)S(=O)(=O)c1ccc(C#N)cc1N. The number of sulfonamides is 1. The monoisotopic (exact) mass is 307 g/mol. The number of rotatable bonds is 4. The van der Waals surface area contributed by atoms with Crippen LogP contribution in [0.4, 0.5) is 18.9 Å².